The molecule has 1 amide bonds. The number of amides is 1. The van der Waals surface area contributed by atoms with Gasteiger partial charge in [-0.25, -0.2) is 0 Å². The molecule has 1 aromatic heterocycles. The molecule has 1 saturated heterocycles. The molecule has 1 atom stereocenters. The second kappa shape index (κ2) is 9.83. The van der Waals surface area contributed by atoms with Gasteiger partial charge in [-0.2, -0.15) is 0 Å². The molecule has 0 saturated carbocycles. The molecule has 1 aromatic carbocycles. The van der Waals surface area contributed by atoms with Gasteiger partial charge in [-0.15, -0.1) is 0 Å². The molecule has 1 aliphatic heterocycles. The summed E-state index contributed by atoms with van der Waals surface area (Å²) in [4.78, 5) is 19.7. The number of methoxy groups -OCH3 is 1. The van der Waals surface area contributed by atoms with Crippen molar-refractivity contribution in [2.75, 3.05) is 33.4 Å². The number of piperidine rings is 1. The van der Waals surface area contributed by atoms with E-state index in [1.54, 1.807) is 13.3 Å². The Balaban J connectivity index is 1.67. The highest BCUT2D eigenvalue weighted by atomic mass is 35.5. The van der Waals surface area contributed by atoms with E-state index in [0.29, 0.717) is 5.02 Å². The highest BCUT2D eigenvalue weighted by molar-refractivity contribution is 6.30. The quantitative estimate of drug-likeness (QED) is 0.792. The summed E-state index contributed by atoms with van der Waals surface area (Å²) in [6, 6.07) is 13.0. The first-order valence-corrected chi connectivity index (χ1v) is 9.73. The smallest absolute Gasteiger partial charge is 0.224 e. The Kier molecular flexibility index (Phi) is 7.21. The van der Waals surface area contributed by atoms with Gasteiger partial charge in [0, 0.05) is 30.8 Å². The standard InChI is InChI=1S/C21H26ClN3O2/c1-27-15-14-25-12-9-17(10-13-25)21(26)24-20(19-4-2-3-11-23-19)16-5-7-18(22)8-6-16/h2-8,11,17,20H,9-10,12-15H2,1H3,(H,24,26). The minimum atomic E-state index is -0.275. The zero-order valence-corrected chi connectivity index (χ0v) is 16.4. The Bertz CT molecular complexity index is 716. The van der Waals surface area contributed by atoms with E-state index in [0.717, 1.165) is 50.3 Å². The molecule has 5 nitrogen and oxygen atoms in total. The lowest BCUT2D eigenvalue weighted by atomic mass is 9.94. The molecule has 144 valence electrons. The summed E-state index contributed by atoms with van der Waals surface area (Å²) in [5, 5.41) is 3.88. The average molecular weight is 388 g/mol. The number of carbonyl (C=O) groups excluding carboxylic acids is 1. The van der Waals surface area contributed by atoms with Crippen LogP contribution in [0, 0.1) is 5.92 Å². The van der Waals surface area contributed by atoms with Gasteiger partial charge in [-0.3, -0.25) is 9.78 Å². The van der Waals surface area contributed by atoms with Gasteiger partial charge < -0.3 is 15.0 Å². The normalized spacial score (nSPS) is 16.8. The van der Waals surface area contributed by atoms with Crippen LogP contribution < -0.4 is 5.32 Å². The van der Waals surface area contributed by atoms with Crippen LogP contribution in [0.4, 0.5) is 0 Å². The third-order valence-electron chi connectivity index (χ3n) is 5.04. The SMILES string of the molecule is COCCN1CCC(C(=O)NC(c2ccc(Cl)cc2)c2ccccn2)CC1. The molecule has 2 heterocycles. The Morgan fingerprint density at radius 2 is 2.00 bits per heavy atom. The van der Waals surface area contributed by atoms with Gasteiger partial charge in [0.05, 0.1) is 18.3 Å². The van der Waals surface area contributed by atoms with Crippen molar-refractivity contribution in [3.05, 3.63) is 64.9 Å². The second-order valence-corrected chi connectivity index (χ2v) is 7.29. The van der Waals surface area contributed by atoms with E-state index in [1.807, 2.05) is 42.5 Å². The van der Waals surface area contributed by atoms with E-state index in [2.05, 4.69) is 15.2 Å². The van der Waals surface area contributed by atoms with Crippen molar-refractivity contribution in [3.8, 4) is 0 Å². The van der Waals surface area contributed by atoms with Crippen LogP contribution in [0.2, 0.25) is 5.02 Å². The number of carbonyl (C=O) groups is 1. The maximum atomic E-state index is 12.9. The lowest BCUT2D eigenvalue weighted by molar-refractivity contribution is -0.127. The van der Waals surface area contributed by atoms with Crippen LogP contribution in [-0.2, 0) is 9.53 Å². The summed E-state index contributed by atoms with van der Waals surface area (Å²) in [5.74, 6) is 0.120. The number of benzene rings is 1. The molecule has 1 fully saturated rings. The molecule has 27 heavy (non-hydrogen) atoms. The van der Waals surface area contributed by atoms with Crippen molar-refractivity contribution in [1.29, 1.82) is 0 Å². The Hall–Kier alpha value is -1.95. The minimum absolute atomic E-state index is 0.0299. The lowest BCUT2D eigenvalue weighted by Crippen LogP contribution is -2.42. The van der Waals surface area contributed by atoms with Gasteiger partial charge in [0.1, 0.15) is 0 Å². The molecule has 0 spiro atoms. The van der Waals surface area contributed by atoms with Crippen molar-refractivity contribution in [2.24, 2.45) is 5.92 Å². The van der Waals surface area contributed by atoms with Crippen molar-refractivity contribution >= 4 is 17.5 Å². The van der Waals surface area contributed by atoms with Gasteiger partial charge in [0.2, 0.25) is 5.91 Å². The van der Waals surface area contributed by atoms with E-state index in [9.17, 15) is 4.79 Å². The van der Waals surface area contributed by atoms with Gasteiger partial charge in [0.15, 0.2) is 0 Å². The molecule has 1 N–H and O–H groups in total. The number of rotatable bonds is 7. The number of hydrogen-bond donors (Lipinski definition) is 1. The summed E-state index contributed by atoms with van der Waals surface area (Å²) in [6.45, 7) is 3.51. The van der Waals surface area contributed by atoms with Gasteiger partial charge >= 0.3 is 0 Å². The topological polar surface area (TPSA) is 54.5 Å². The van der Waals surface area contributed by atoms with Crippen molar-refractivity contribution in [1.82, 2.24) is 15.2 Å². The summed E-state index contributed by atoms with van der Waals surface area (Å²) in [6.07, 6.45) is 3.48. The molecule has 6 heteroatoms. The summed E-state index contributed by atoms with van der Waals surface area (Å²) < 4.78 is 5.14. The number of aromatic nitrogens is 1. The van der Waals surface area contributed by atoms with Crippen molar-refractivity contribution < 1.29 is 9.53 Å². The summed E-state index contributed by atoms with van der Waals surface area (Å²) in [7, 11) is 1.72. The van der Waals surface area contributed by atoms with Crippen molar-refractivity contribution in [3.63, 3.8) is 0 Å². The predicted molar refractivity (Wildman–Crippen MR) is 107 cm³/mol. The van der Waals surface area contributed by atoms with Crippen LogP contribution in [0.3, 0.4) is 0 Å². The maximum absolute atomic E-state index is 12.9. The van der Waals surface area contributed by atoms with Crippen LogP contribution in [-0.4, -0.2) is 49.1 Å². The molecule has 0 radical (unpaired) electrons. The third kappa shape index (κ3) is 5.51. The monoisotopic (exact) mass is 387 g/mol. The van der Waals surface area contributed by atoms with Gasteiger partial charge in [-0.1, -0.05) is 29.8 Å². The first-order chi connectivity index (χ1) is 13.2. The summed E-state index contributed by atoms with van der Waals surface area (Å²) >= 11 is 6.02. The molecule has 0 bridgehead atoms. The minimum Gasteiger partial charge on any atom is -0.383 e. The van der Waals surface area contributed by atoms with E-state index in [-0.39, 0.29) is 17.9 Å². The number of likely N-dealkylation sites (tertiary alicyclic amines) is 1. The molecule has 1 aliphatic rings. The van der Waals surface area contributed by atoms with E-state index in [1.165, 1.54) is 0 Å². The fourth-order valence-corrected chi connectivity index (χ4v) is 3.56. The second-order valence-electron chi connectivity index (χ2n) is 6.86. The molecular formula is C21H26ClN3O2. The number of ether oxygens (including phenoxy) is 1. The van der Waals surface area contributed by atoms with E-state index in [4.69, 9.17) is 16.3 Å². The fraction of sp³-hybridized carbons (Fsp3) is 0.429. The zero-order chi connectivity index (χ0) is 19.1. The van der Waals surface area contributed by atoms with Crippen LogP contribution in [0.1, 0.15) is 30.1 Å². The molecular weight excluding hydrogens is 362 g/mol. The lowest BCUT2D eigenvalue weighted by Gasteiger charge is -2.32. The Morgan fingerprint density at radius 1 is 1.26 bits per heavy atom. The summed E-state index contributed by atoms with van der Waals surface area (Å²) in [5.41, 5.74) is 1.80. The number of nitrogens with zero attached hydrogens (tertiary/aromatic N) is 2. The Labute approximate surface area is 165 Å². The number of hydrogen-bond acceptors (Lipinski definition) is 4. The van der Waals surface area contributed by atoms with Crippen LogP contribution >= 0.6 is 11.6 Å². The first kappa shape index (κ1) is 19.8. The molecule has 2 aromatic rings. The molecule has 0 aliphatic carbocycles. The Morgan fingerprint density at radius 3 is 2.63 bits per heavy atom. The molecule has 1 unspecified atom stereocenters. The van der Waals surface area contributed by atoms with E-state index >= 15 is 0 Å². The highest BCUT2D eigenvalue weighted by Gasteiger charge is 2.27. The van der Waals surface area contributed by atoms with Gasteiger partial charge in [0.25, 0.3) is 0 Å². The largest absolute Gasteiger partial charge is 0.383 e. The van der Waals surface area contributed by atoms with Crippen LogP contribution in [0.25, 0.3) is 0 Å². The number of nitrogens with one attached hydrogen (secondary N) is 1. The van der Waals surface area contributed by atoms with Crippen LogP contribution in [0.15, 0.2) is 48.7 Å². The fourth-order valence-electron chi connectivity index (χ4n) is 3.43. The van der Waals surface area contributed by atoms with Crippen molar-refractivity contribution in [2.45, 2.75) is 18.9 Å². The third-order valence-corrected chi connectivity index (χ3v) is 5.30. The van der Waals surface area contributed by atoms with E-state index < -0.39 is 0 Å². The predicted octanol–water partition coefficient (Wildman–Crippen LogP) is 3.30. The number of halogens is 1. The van der Waals surface area contributed by atoms with Gasteiger partial charge in [-0.05, 0) is 55.8 Å². The first-order valence-electron chi connectivity index (χ1n) is 9.35. The maximum Gasteiger partial charge on any atom is 0.224 e. The highest BCUT2D eigenvalue weighted by Crippen LogP contribution is 2.24. The average Bonchev–Trinajstić information content (AvgIpc) is 2.72. The van der Waals surface area contributed by atoms with Crippen LogP contribution in [0.5, 0.6) is 0 Å². The zero-order valence-electron chi connectivity index (χ0n) is 15.6. The molecule has 3 rings (SSSR count). The number of pyridine rings is 1.